The van der Waals surface area contributed by atoms with Gasteiger partial charge in [-0.1, -0.05) is 59.2 Å². The summed E-state index contributed by atoms with van der Waals surface area (Å²) in [5.74, 6) is -5.93. The molecule has 405 valence electrons. The number of carbonyl (C=O) groups is 7. The number of nitrogens with one attached hydrogen (secondary N) is 1. The van der Waals surface area contributed by atoms with E-state index in [1.807, 2.05) is 54.5 Å². The number of nitrogens with two attached hydrogens (primary N) is 6. The molecule has 5 aliphatic rings. The molecule has 0 aromatic carbocycles. The summed E-state index contributed by atoms with van der Waals surface area (Å²) in [7, 11) is -4.86. The summed E-state index contributed by atoms with van der Waals surface area (Å²) in [6.07, 6.45) is 0.254. The number of rotatable bonds is 22. The number of hydrogen-bond acceptors (Lipinski definition) is 9. The van der Waals surface area contributed by atoms with E-state index in [-0.39, 0.29) is 99.6 Å². The average molecular weight is 1070 g/mol. The van der Waals surface area contributed by atoms with Crippen molar-refractivity contribution in [2.24, 2.45) is 73.8 Å². The van der Waals surface area contributed by atoms with Gasteiger partial charge in [0.15, 0.2) is 0 Å². The zero-order chi connectivity index (χ0) is 53.6. The van der Waals surface area contributed by atoms with E-state index < -0.39 is 118 Å². The van der Waals surface area contributed by atoms with Gasteiger partial charge in [0.25, 0.3) is 0 Å². The van der Waals surface area contributed by atoms with Crippen LogP contribution < -0.4 is 39.7 Å². The third kappa shape index (κ3) is 11.9. The molecular formula is C48H74CoN11O11P-4. The Morgan fingerprint density at radius 2 is 1.24 bits per heavy atom. The van der Waals surface area contributed by atoms with Crippen LogP contribution in [-0.2, 0) is 59.4 Å². The van der Waals surface area contributed by atoms with Gasteiger partial charge in [0.05, 0.1) is 6.10 Å². The Balaban J connectivity index is 0.0000112. The van der Waals surface area contributed by atoms with Crippen LogP contribution in [0.15, 0.2) is 45.6 Å². The van der Waals surface area contributed by atoms with Crippen molar-refractivity contribution in [3.05, 3.63) is 66.9 Å². The fraction of sp³-hybridized carbons (Fsp3) is 0.688. The van der Waals surface area contributed by atoms with Gasteiger partial charge in [-0.15, -0.1) is 28.8 Å². The maximum Gasteiger partial charge on any atom is 0.469 e. The molecule has 8 bridgehead atoms. The molecule has 11 atom stereocenters. The first kappa shape index (κ1) is 59.8. The summed E-state index contributed by atoms with van der Waals surface area (Å²) in [5, 5.41) is 24.6. The molecule has 3 saturated heterocycles. The molecule has 0 aliphatic carbocycles. The van der Waals surface area contributed by atoms with E-state index in [9.17, 15) is 47.9 Å². The van der Waals surface area contributed by atoms with Gasteiger partial charge < -0.3 is 70.8 Å². The summed E-state index contributed by atoms with van der Waals surface area (Å²) in [4.78, 5) is 110. The van der Waals surface area contributed by atoms with Crippen LogP contribution in [0.1, 0.15) is 133 Å². The summed E-state index contributed by atoms with van der Waals surface area (Å²) in [5.41, 5.74) is 33.1. The van der Waals surface area contributed by atoms with Crippen molar-refractivity contribution in [2.45, 2.75) is 163 Å². The SMILES string of the molecule is C/C1=C2/[N-]C(=C(CC(N)=O)[C@@]2(C)CCC(=O)NC[C@@H](C)OP(=O)(O)O)[C@]2(C)[N-]C(/C(C)=C3\[N-]C(/C=C4\[N-]C1[C@@H](CCC(N)=O)C4(C)C)[C@@H](CCC(N)=O)[C@]3(C)CC(N)=O)[C@@H](CCC(N)=O)[C@]2(C)CC(N)=O.[Co]. The molecule has 24 heteroatoms. The topological polar surface area (TPSA) is 411 Å². The van der Waals surface area contributed by atoms with E-state index in [2.05, 4.69) is 5.32 Å². The van der Waals surface area contributed by atoms with Crippen molar-refractivity contribution in [3.63, 3.8) is 0 Å². The second kappa shape index (κ2) is 22.0. The molecule has 3 fully saturated rings. The van der Waals surface area contributed by atoms with Gasteiger partial charge in [0.2, 0.25) is 41.4 Å². The first-order valence-corrected chi connectivity index (χ1v) is 25.6. The second-order valence-electron chi connectivity index (χ2n) is 21.8. The minimum Gasteiger partial charge on any atom is -0.681 e. The Hall–Kier alpha value is -4.77. The maximum absolute atomic E-state index is 13.7. The van der Waals surface area contributed by atoms with Crippen LogP contribution >= 0.6 is 7.82 Å². The molecule has 0 spiro atoms. The molecule has 3 unspecified atom stereocenters. The average Bonchev–Trinajstić information content (AvgIpc) is 3.83. The van der Waals surface area contributed by atoms with Gasteiger partial charge in [-0.05, 0) is 85.9 Å². The fourth-order valence-corrected chi connectivity index (χ4v) is 13.2. The first-order valence-electron chi connectivity index (χ1n) is 24.1. The molecule has 7 amide bonds. The van der Waals surface area contributed by atoms with Crippen molar-refractivity contribution < 1.29 is 69.2 Å². The van der Waals surface area contributed by atoms with Gasteiger partial charge in [0, 0.05) is 68.3 Å². The van der Waals surface area contributed by atoms with Crippen molar-refractivity contribution in [1.29, 1.82) is 0 Å². The molecule has 5 aliphatic heterocycles. The van der Waals surface area contributed by atoms with Crippen molar-refractivity contribution in [3.8, 4) is 0 Å². The summed E-state index contributed by atoms with van der Waals surface area (Å²) in [6.45, 7) is 16.1. The Morgan fingerprint density at radius 1 is 0.708 bits per heavy atom. The van der Waals surface area contributed by atoms with Crippen molar-refractivity contribution in [2.75, 3.05) is 6.54 Å². The monoisotopic (exact) mass is 1070 g/mol. The quantitative estimate of drug-likeness (QED) is 0.0702. The maximum atomic E-state index is 13.7. The first-order chi connectivity index (χ1) is 32.6. The Morgan fingerprint density at radius 3 is 1.75 bits per heavy atom. The number of fused-ring (bicyclic) bond motifs is 9. The molecule has 0 aromatic heterocycles. The molecule has 1 radical (unpaired) electrons. The van der Waals surface area contributed by atoms with Crippen LogP contribution in [0, 0.1) is 39.4 Å². The van der Waals surface area contributed by atoms with E-state index in [1.165, 1.54) is 6.92 Å². The molecule has 72 heavy (non-hydrogen) atoms. The van der Waals surface area contributed by atoms with Crippen molar-refractivity contribution in [1.82, 2.24) is 5.32 Å². The van der Waals surface area contributed by atoms with Crippen LogP contribution in [0.25, 0.3) is 21.3 Å². The molecule has 5 heterocycles. The number of nitrogens with zero attached hydrogens (tertiary/aromatic N) is 4. The van der Waals surface area contributed by atoms with Gasteiger partial charge in [0.1, 0.15) is 0 Å². The molecule has 22 nitrogen and oxygen atoms in total. The number of hydrogen-bond donors (Lipinski definition) is 9. The zero-order valence-electron chi connectivity index (χ0n) is 42.7. The van der Waals surface area contributed by atoms with E-state index in [0.29, 0.717) is 33.8 Å². The molecule has 5 rings (SSSR count). The molecule has 0 aromatic rings. The number of phosphoric ester groups is 1. The van der Waals surface area contributed by atoms with Crippen LogP contribution in [-0.4, -0.2) is 87.5 Å². The predicted molar refractivity (Wildman–Crippen MR) is 264 cm³/mol. The Labute approximate surface area is 432 Å². The number of amides is 7. The Bertz CT molecular complexity index is 2400. The van der Waals surface area contributed by atoms with Gasteiger partial charge >= 0.3 is 7.82 Å². The molecule has 15 N–H and O–H groups in total. The van der Waals surface area contributed by atoms with E-state index in [1.54, 1.807) is 6.92 Å². The molecule has 0 saturated carbocycles. The zero-order valence-corrected chi connectivity index (χ0v) is 44.6. The number of carbonyl (C=O) groups excluding carboxylic acids is 7. The van der Waals surface area contributed by atoms with Crippen LogP contribution in [0.3, 0.4) is 0 Å². The standard InChI is InChI=1S/C48H74N11O11P.Co/c1-23(70-71(67,68)69)22-55-38(66)16-17-45(6)29(18-35(52)63)43-48(9)47(8,21-37(54)65)28(12-15-34(51)62)40(59-48)25(3)42-46(7,20-36(53)64)26(10-13-32(49)60)30(56-42)19-31-44(4,5)27(11-14-33(50)61)39(57-31)24(2)41(45)58-43;/h19,23,26-28,30,39-40H,10-18,20-22H2,1-9H3,(H2,49,60)(H2,50,61)(H2,51,62)(H2,52,63)(H2,53,64)(H2,54,65)(H,55,66)(H2,67,68,69);/q-4;/b31-19-,41-24-,42-25-;/t23-,26-,27-,28-,30?,39?,40?,45-,46+,47+,48+;/m1./s1. The predicted octanol–water partition coefficient (Wildman–Crippen LogP) is 3.81. The van der Waals surface area contributed by atoms with Crippen LogP contribution in [0.5, 0.6) is 0 Å². The second-order valence-corrected chi connectivity index (χ2v) is 22.9. The van der Waals surface area contributed by atoms with Crippen LogP contribution in [0.4, 0.5) is 0 Å². The van der Waals surface area contributed by atoms with Gasteiger partial charge in [-0.3, -0.25) is 38.1 Å². The summed E-state index contributed by atoms with van der Waals surface area (Å²) < 4.78 is 16.2. The summed E-state index contributed by atoms with van der Waals surface area (Å²) in [6, 6.07) is -2.26. The summed E-state index contributed by atoms with van der Waals surface area (Å²) >= 11 is 0. The number of allylic oxidation sites excluding steroid dienone is 3. The Kier molecular flexibility index (Phi) is 18.2. The van der Waals surface area contributed by atoms with Gasteiger partial charge in [-0.2, -0.15) is 22.8 Å². The van der Waals surface area contributed by atoms with Crippen LogP contribution in [0.2, 0.25) is 0 Å². The van der Waals surface area contributed by atoms with E-state index in [0.717, 1.165) is 0 Å². The van der Waals surface area contributed by atoms with E-state index in [4.69, 9.17) is 60.2 Å². The van der Waals surface area contributed by atoms with E-state index >= 15 is 0 Å². The molecular weight excluding hydrogens is 997 g/mol. The smallest absolute Gasteiger partial charge is 0.469 e. The normalized spacial score (nSPS) is 34.7. The largest absolute Gasteiger partial charge is 0.681 e. The number of phosphoric acid groups is 1. The third-order valence-electron chi connectivity index (χ3n) is 16.4. The minimum atomic E-state index is -4.86. The number of primary amides is 6. The minimum absolute atomic E-state index is 0. The fourth-order valence-electron chi connectivity index (χ4n) is 12.6. The van der Waals surface area contributed by atoms with Crippen molar-refractivity contribution >= 4 is 49.2 Å². The third-order valence-corrected chi connectivity index (χ3v) is 17.1. The van der Waals surface area contributed by atoms with Gasteiger partial charge in [-0.25, -0.2) is 4.57 Å².